The first-order chi connectivity index (χ1) is 8.20. The Morgan fingerprint density at radius 1 is 1.53 bits per heavy atom. The molecule has 1 atom stereocenters. The third-order valence-electron chi connectivity index (χ3n) is 3.27. The van der Waals surface area contributed by atoms with Gasteiger partial charge in [-0.2, -0.15) is 0 Å². The van der Waals surface area contributed by atoms with Crippen LogP contribution in [-0.2, 0) is 6.54 Å². The number of ether oxygens (including phenoxy) is 1. The van der Waals surface area contributed by atoms with Gasteiger partial charge in [0.25, 0.3) is 0 Å². The Balaban J connectivity index is 2.07. The molecule has 1 aliphatic heterocycles. The predicted molar refractivity (Wildman–Crippen MR) is 65.7 cm³/mol. The standard InChI is InChI=1S/C13H19FN2O/c1-10-8-15-5-6-16(10)9-11-3-4-12(17-2)7-13(11)14/h3-4,7,10,15H,5-6,8-9H2,1-2H3/t10-/m1/s1. The number of piperazine rings is 1. The molecule has 1 saturated heterocycles. The minimum atomic E-state index is -0.185. The van der Waals surface area contributed by atoms with Gasteiger partial charge in [0.15, 0.2) is 0 Å². The second kappa shape index (κ2) is 5.47. The zero-order valence-corrected chi connectivity index (χ0v) is 10.4. The first-order valence-electron chi connectivity index (χ1n) is 5.98. The molecule has 0 amide bonds. The fourth-order valence-electron chi connectivity index (χ4n) is 2.12. The number of nitrogens with zero attached hydrogens (tertiary/aromatic N) is 1. The van der Waals surface area contributed by atoms with Crippen molar-refractivity contribution in [2.45, 2.75) is 19.5 Å². The molecule has 1 aromatic carbocycles. The Hall–Kier alpha value is -1.13. The minimum Gasteiger partial charge on any atom is -0.497 e. The van der Waals surface area contributed by atoms with Gasteiger partial charge in [0.2, 0.25) is 0 Å². The van der Waals surface area contributed by atoms with E-state index in [2.05, 4.69) is 17.1 Å². The zero-order valence-electron chi connectivity index (χ0n) is 10.4. The molecule has 1 fully saturated rings. The third kappa shape index (κ3) is 2.96. The van der Waals surface area contributed by atoms with Gasteiger partial charge in [0.05, 0.1) is 7.11 Å². The highest BCUT2D eigenvalue weighted by Crippen LogP contribution is 2.18. The number of halogens is 1. The van der Waals surface area contributed by atoms with Gasteiger partial charge < -0.3 is 10.1 Å². The van der Waals surface area contributed by atoms with E-state index in [0.717, 1.165) is 25.2 Å². The largest absolute Gasteiger partial charge is 0.497 e. The van der Waals surface area contributed by atoms with Crippen LogP contribution in [0.2, 0.25) is 0 Å². The molecule has 3 nitrogen and oxygen atoms in total. The summed E-state index contributed by atoms with van der Waals surface area (Å²) in [6.07, 6.45) is 0. The molecule has 1 heterocycles. The average molecular weight is 238 g/mol. The summed E-state index contributed by atoms with van der Waals surface area (Å²) in [6.45, 7) is 5.73. The van der Waals surface area contributed by atoms with Crippen LogP contribution in [0.4, 0.5) is 4.39 Å². The lowest BCUT2D eigenvalue weighted by Crippen LogP contribution is -2.49. The zero-order chi connectivity index (χ0) is 12.3. The summed E-state index contributed by atoms with van der Waals surface area (Å²) in [6, 6.07) is 5.52. The Morgan fingerprint density at radius 3 is 3.00 bits per heavy atom. The van der Waals surface area contributed by atoms with Crippen molar-refractivity contribution < 1.29 is 9.13 Å². The van der Waals surface area contributed by atoms with Crippen molar-refractivity contribution in [3.63, 3.8) is 0 Å². The SMILES string of the molecule is COc1ccc(CN2CCNC[C@H]2C)c(F)c1. The van der Waals surface area contributed by atoms with Crippen LogP contribution in [0.1, 0.15) is 12.5 Å². The maximum atomic E-state index is 13.8. The maximum Gasteiger partial charge on any atom is 0.131 e. The highest BCUT2D eigenvalue weighted by Gasteiger charge is 2.19. The van der Waals surface area contributed by atoms with E-state index < -0.39 is 0 Å². The van der Waals surface area contributed by atoms with Gasteiger partial charge in [-0.05, 0) is 13.0 Å². The van der Waals surface area contributed by atoms with Crippen LogP contribution >= 0.6 is 0 Å². The molecule has 1 aliphatic rings. The highest BCUT2D eigenvalue weighted by atomic mass is 19.1. The highest BCUT2D eigenvalue weighted by molar-refractivity contribution is 5.28. The van der Waals surface area contributed by atoms with Crippen molar-refractivity contribution >= 4 is 0 Å². The first kappa shape index (κ1) is 12.3. The fourth-order valence-corrected chi connectivity index (χ4v) is 2.12. The van der Waals surface area contributed by atoms with E-state index in [1.165, 1.54) is 6.07 Å². The summed E-state index contributed by atoms with van der Waals surface area (Å²) in [5.41, 5.74) is 0.736. The van der Waals surface area contributed by atoms with Crippen LogP contribution in [0.25, 0.3) is 0 Å². The van der Waals surface area contributed by atoms with E-state index in [4.69, 9.17) is 4.74 Å². The molecule has 17 heavy (non-hydrogen) atoms. The molecular formula is C13H19FN2O. The van der Waals surface area contributed by atoms with Crippen LogP contribution in [0.3, 0.4) is 0 Å². The average Bonchev–Trinajstić information content (AvgIpc) is 2.34. The van der Waals surface area contributed by atoms with E-state index in [1.54, 1.807) is 7.11 Å². The molecule has 0 aromatic heterocycles. The van der Waals surface area contributed by atoms with Crippen LogP contribution < -0.4 is 10.1 Å². The molecular weight excluding hydrogens is 219 g/mol. The molecule has 94 valence electrons. The van der Waals surface area contributed by atoms with Gasteiger partial charge >= 0.3 is 0 Å². The summed E-state index contributed by atoms with van der Waals surface area (Å²) >= 11 is 0. The van der Waals surface area contributed by atoms with E-state index in [9.17, 15) is 4.39 Å². The molecule has 0 radical (unpaired) electrons. The quantitative estimate of drug-likeness (QED) is 0.866. The molecule has 1 N–H and O–H groups in total. The normalized spacial score (nSPS) is 21.5. The lowest BCUT2D eigenvalue weighted by atomic mass is 10.1. The number of hydrogen-bond acceptors (Lipinski definition) is 3. The topological polar surface area (TPSA) is 24.5 Å². The monoisotopic (exact) mass is 238 g/mol. The minimum absolute atomic E-state index is 0.185. The second-order valence-corrected chi connectivity index (χ2v) is 4.48. The number of nitrogens with one attached hydrogen (secondary N) is 1. The van der Waals surface area contributed by atoms with Gasteiger partial charge in [-0.1, -0.05) is 6.07 Å². The molecule has 0 bridgehead atoms. The van der Waals surface area contributed by atoms with Crippen molar-refractivity contribution in [2.24, 2.45) is 0 Å². The Bertz CT molecular complexity index is 384. The van der Waals surface area contributed by atoms with Crippen molar-refractivity contribution in [1.82, 2.24) is 10.2 Å². The maximum absolute atomic E-state index is 13.8. The van der Waals surface area contributed by atoms with E-state index in [1.807, 2.05) is 12.1 Å². The number of benzene rings is 1. The van der Waals surface area contributed by atoms with Gasteiger partial charge in [-0.25, -0.2) is 4.39 Å². The van der Waals surface area contributed by atoms with Crippen LogP contribution in [-0.4, -0.2) is 37.7 Å². The summed E-state index contributed by atoms with van der Waals surface area (Å²) in [4.78, 5) is 2.29. The molecule has 0 spiro atoms. The first-order valence-corrected chi connectivity index (χ1v) is 5.98. The van der Waals surface area contributed by atoms with Gasteiger partial charge in [0, 0.05) is 43.9 Å². The van der Waals surface area contributed by atoms with E-state index in [-0.39, 0.29) is 5.82 Å². The second-order valence-electron chi connectivity index (χ2n) is 4.48. The summed E-state index contributed by atoms with van der Waals surface area (Å²) in [5, 5.41) is 3.33. The number of rotatable bonds is 3. The predicted octanol–water partition coefficient (Wildman–Crippen LogP) is 1.63. The van der Waals surface area contributed by atoms with Crippen LogP contribution in [0.15, 0.2) is 18.2 Å². The lowest BCUT2D eigenvalue weighted by Gasteiger charge is -2.33. The van der Waals surface area contributed by atoms with Crippen molar-refractivity contribution in [3.8, 4) is 5.75 Å². The third-order valence-corrected chi connectivity index (χ3v) is 3.27. The molecule has 1 aromatic rings. The molecule has 4 heteroatoms. The van der Waals surface area contributed by atoms with Crippen molar-refractivity contribution in [3.05, 3.63) is 29.6 Å². The summed E-state index contributed by atoms with van der Waals surface area (Å²) < 4.78 is 18.8. The van der Waals surface area contributed by atoms with Crippen molar-refractivity contribution in [2.75, 3.05) is 26.7 Å². The fraction of sp³-hybridized carbons (Fsp3) is 0.538. The molecule has 2 rings (SSSR count). The number of hydrogen-bond donors (Lipinski definition) is 1. The van der Waals surface area contributed by atoms with Crippen LogP contribution in [0, 0.1) is 5.82 Å². The molecule has 0 unspecified atom stereocenters. The van der Waals surface area contributed by atoms with E-state index >= 15 is 0 Å². The van der Waals surface area contributed by atoms with Crippen LogP contribution in [0.5, 0.6) is 5.75 Å². The Kier molecular flexibility index (Phi) is 3.97. The molecule has 0 saturated carbocycles. The Labute approximate surface area is 102 Å². The smallest absolute Gasteiger partial charge is 0.131 e. The van der Waals surface area contributed by atoms with Gasteiger partial charge in [-0.3, -0.25) is 4.90 Å². The van der Waals surface area contributed by atoms with Crippen molar-refractivity contribution in [1.29, 1.82) is 0 Å². The van der Waals surface area contributed by atoms with Gasteiger partial charge in [-0.15, -0.1) is 0 Å². The number of methoxy groups -OCH3 is 1. The lowest BCUT2D eigenvalue weighted by molar-refractivity contribution is 0.163. The summed E-state index contributed by atoms with van der Waals surface area (Å²) in [5.74, 6) is 0.384. The van der Waals surface area contributed by atoms with E-state index in [0.29, 0.717) is 18.3 Å². The summed E-state index contributed by atoms with van der Waals surface area (Å²) in [7, 11) is 1.55. The Morgan fingerprint density at radius 2 is 2.35 bits per heavy atom. The van der Waals surface area contributed by atoms with Gasteiger partial charge in [0.1, 0.15) is 11.6 Å². The molecule has 0 aliphatic carbocycles.